The van der Waals surface area contributed by atoms with Crippen LogP contribution in [0.5, 0.6) is 5.75 Å². The largest absolute Gasteiger partial charge is 0.484 e. The highest BCUT2D eigenvalue weighted by Crippen LogP contribution is 2.19. The predicted octanol–water partition coefficient (Wildman–Crippen LogP) is 4.37. The zero-order chi connectivity index (χ0) is 19.9. The Morgan fingerprint density at radius 2 is 1.86 bits per heavy atom. The predicted molar refractivity (Wildman–Crippen MR) is 109 cm³/mol. The second kappa shape index (κ2) is 9.89. The van der Waals surface area contributed by atoms with E-state index in [0.717, 1.165) is 38.0 Å². The molecule has 0 aromatic heterocycles. The molecule has 1 aliphatic rings. The number of nitrogens with zero attached hydrogens (tertiary/aromatic N) is 2. The van der Waals surface area contributed by atoms with E-state index < -0.39 is 0 Å². The SMILES string of the molecule is CCC[C@@H]1CN(Cc2ccc(F)cc2)CCN1C(=O)COc1ccc(Cl)cc1. The molecule has 1 aliphatic heterocycles. The minimum absolute atomic E-state index is 0.00910. The van der Waals surface area contributed by atoms with Gasteiger partial charge in [0.1, 0.15) is 11.6 Å². The van der Waals surface area contributed by atoms with Crippen LogP contribution in [0.1, 0.15) is 25.3 Å². The first-order valence-corrected chi connectivity index (χ1v) is 10.1. The fourth-order valence-corrected chi connectivity index (χ4v) is 3.70. The number of benzene rings is 2. The van der Waals surface area contributed by atoms with E-state index >= 15 is 0 Å². The van der Waals surface area contributed by atoms with Crippen LogP contribution in [0.4, 0.5) is 4.39 Å². The standard InChI is InChI=1S/C22H26ClFN2O2/c1-2-3-20-15-25(14-17-4-8-19(24)9-5-17)12-13-26(20)22(27)16-28-21-10-6-18(23)7-11-21/h4-11,20H,2-3,12-16H2,1H3/t20-/m1/s1. The lowest BCUT2D eigenvalue weighted by atomic mass is 10.1. The summed E-state index contributed by atoms with van der Waals surface area (Å²) in [5.74, 6) is 0.429. The number of amides is 1. The third kappa shape index (κ3) is 5.69. The summed E-state index contributed by atoms with van der Waals surface area (Å²) < 4.78 is 18.7. The van der Waals surface area contributed by atoms with Crippen LogP contribution in [-0.4, -0.2) is 48.0 Å². The maximum atomic E-state index is 13.1. The Labute approximate surface area is 170 Å². The zero-order valence-corrected chi connectivity index (χ0v) is 16.9. The molecule has 2 aromatic rings. The van der Waals surface area contributed by atoms with Crippen molar-refractivity contribution in [1.29, 1.82) is 0 Å². The Hall–Kier alpha value is -2.11. The van der Waals surface area contributed by atoms with E-state index in [1.54, 1.807) is 24.3 Å². The summed E-state index contributed by atoms with van der Waals surface area (Å²) in [6.07, 6.45) is 1.96. The molecule has 0 bridgehead atoms. The maximum Gasteiger partial charge on any atom is 0.260 e. The highest BCUT2D eigenvalue weighted by Gasteiger charge is 2.30. The highest BCUT2D eigenvalue weighted by atomic mass is 35.5. The van der Waals surface area contributed by atoms with Crippen molar-refractivity contribution < 1.29 is 13.9 Å². The first-order chi connectivity index (χ1) is 13.5. The lowest BCUT2D eigenvalue weighted by molar-refractivity contribution is -0.138. The fourth-order valence-electron chi connectivity index (χ4n) is 3.58. The summed E-state index contributed by atoms with van der Waals surface area (Å²) in [4.78, 5) is 17.0. The fraction of sp³-hybridized carbons (Fsp3) is 0.409. The van der Waals surface area contributed by atoms with Crippen molar-refractivity contribution in [3.8, 4) is 5.75 Å². The summed E-state index contributed by atoms with van der Waals surface area (Å²) in [5.41, 5.74) is 1.09. The van der Waals surface area contributed by atoms with E-state index in [0.29, 0.717) is 17.3 Å². The molecule has 1 atom stereocenters. The maximum absolute atomic E-state index is 13.1. The Morgan fingerprint density at radius 1 is 1.14 bits per heavy atom. The molecule has 3 rings (SSSR count). The minimum atomic E-state index is -0.219. The summed E-state index contributed by atoms with van der Waals surface area (Å²) in [6, 6.07) is 13.8. The molecule has 0 N–H and O–H groups in total. The van der Waals surface area contributed by atoms with E-state index in [4.69, 9.17) is 16.3 Å². The number of rotatable bonds is 7. The second-order valence-electron chi connectivity index (χ2n) is 7.13. The first-order valence-electron chi connectivity index (χ1n) is 9.70. The summed E-state index contributed by atoms with van der Waals surface area (Å²) in [5, 5.41) is 0.638. The average Bonchev–Trinajstić information content (AvgIpc) is 2.70. The van der Waals surface area contributed by atoms with Crippen molar-refractivity contribution >= 4 is 17.5 Å². The van der Waals surface area contributed by atoms with E-state index in [-0.39, 0.29) is 24.4 Å². The van der Waals surface area contributed by atoms with Crippen LogP contribution in [0.3, 0.4) is 0 Å². The topological polar surface area (TPSA) is 32.8 Å². The summed E-state index contributed by atoms with van der Waals surface area (Å²) >= 11 is 5.88. The molecule has 6 heteroatoms. The van der Waals surface area contributed by atoms with E-state index in [1.165, 1.54) is 12.1 Å². The zero-order valence-electron chi connectivity index (χ0n) is 16.1. The third-order valence-corrected chi connectivity index (χ3v) is 5.26. The Bertz CT molecular complexity index is 767. The molecule has 0 unspecified atom stereocenters. The number of carbonyl (C=O) groups is 1. The number of ether oxygens (including phenoxy) is 1. The number of hydrogen-bond acceptors (Lipinski definition) is 3. The van der Waals surface area contributed by atoms with Gasteiger partial charge in [0.25, 0.3) is 5.91 Å². The van der Waals surface area contributed by atoms with E-state index in [9.17, 15) is 9.18 Å². The van der Waals surface area contributed by atoms with Gasteiger partial charge in [-0.15, -0.1) is 0 Å². The lowest BCUT2D eigenvalue weighted by Crippen LogP contribution is -2.55. The van der Waals surface area contributed by atoms with Crippen molar-refractivity contribution in [3.05, 3.63) is 64.9 Å². The quantitative estimate of drug-likeness (QED) is 0.686. The van der Waals surface area contributed by atoms with Gasteiger partial charge in [-0.2, -0.15) is 0 Å². The lowest BCUT2D eigenvalue weighted by Gasteiger charge is -2.41. The molecular formula is C22H26ClFN2O2. The van der Waals surface area contributed by atoms with Crippen LogP contribution in [-0.2, 0) is 11.3 Å². The molecule has 28 heavy (non-hydrogen) atoms. The molecule has 1 fully saturated rings. The Balaban J connectivity index is 1.56. The summed E-state index contributed by atoms with van der Waals surface area (Å²) in [7, 11) is 0. The van der Waals surface area contributed by atoms with Gasteiger partial charge in [-0.3, -0.25) is 9.69 Å². The average molecular weight is 405 g/mol. The van der Waals surface area contributed by atoms with Gasteiger partial charge in [-0.1, -0.05) is 37.1 Å². The van der Waals surface area contributed by atoms with Gasteiger partial charge >= 0.3 is 0 Å². The van der Waals surface area contributed by atoms with Crippen molar-refractivity contribution in [2.75, 3.05) is 26.2 Å². The molecule has 4 nitrogen and oxygen atoms in total. The van der Waals surface area contributed by atoms with Gasteiger partial charge in [0.2, 0.25) is 0 Å². The van der Waals surface area contributed by atoms with Gasteiger partial charge in [-0.25, -0.2) is 4.39 Å². The molecule has 1 amide bonds. The molecule has 2 aromatic carbocycles. The number of hydrogen-bond donors (Lipinski definition) is 0. The van der Waals surface area contributed by atoms with Crippen LogP contribution in [0.25, 0.3) is 0 Å². The molecule has 0 aliphatic carbocycles. The van der Waals surface area contributed by atoms with E-state index in [1.807, 2.05) is 17.0 Å². The van der Waals surface area contributed by atoms with Crippen LogP contribution >= 0.6 is 11.6 Å². The van der Waals surface area contributed by atoms with Crippen LogP contribution in [0.2, 0.25) is 5.02 Å². The van der Waals surface area contributed by atoms with Crippen LogP contribution < -0.4 is 4.74 Å². The Kier molecular flexibility index (Phi) is 7.29. The van der Waals surface area contributed by atoms with Gasteiger partial charge in [0.15, 0.2) is 6.61 Å². The molecule has 0 spiro atoms. The minimum Gasteiger partial charge on any atom is -0.484 e. The first kappa shape index (κ1) is 20.6. The van der Waals surface area contributed by atoms with Crippen LogP contribution in [0.15, 0.2) is 48.5 Å². The van der Waals surface area contributed by atoms with Crippen molar-refractivity contribution in [1.82, 2.24) is 9.80 Å². The number of carbonyl (C=O) groups excluding carboxylic acids is 1. The molecule has 1 heterocycles. The van der Waals surface area contributed by atoms with Crippen LogP contribution in [0, 0.1) is 5.82 Å². The molecular weight excluding hydrogens is 379 g/mol. The molecule has 1 saturated heterocycles. The number of piperazine rings is 1. The van der Waals surface area contributed by atoms with Gasteiger partial charge in [0, 0.05) is 37.2 Å². The van der Waals surface area contributed by atoms with E-state index in [2.05, 4.69) is 11.8 Å². The molecule has 150 valence electrons. The monoisotopic (exact) mass is 404 g/mol. The highest BCUT2D eigenvalue weighted by molar-refractivity contribution is 6.30. The van der Waals surface area contributed by atoms with Gasteiger partial charge < -0.3 is 9.64 Å². The van der Waals surface area contributed by atoms with Gasteiger partial charge in [0.05, 0.1) is 0 Å². The third-order valence-electron chi connectivity index (χ3n) is 5.00. The smallest absolute Gasteiger partial charge is 0.260 e. The summed E-state index contributed by atoms with van der Waals surface area (Å²) in [6.45, 7) is 5.21. The van der Waals surface area contributed by atoms with Gasteiger partial charge in [-0.05, 0) is 48.4 Å². The second-order valence-corrected chi connectivity index (χ2v) is 7.57. The van der Waals surface area contributed by atoms with Crippen molar-refractivity contribution in [2.24, 2.45) is 0 Å². The van der Waals surface area contributed by atoms with Crippen molar-refractivity contribution in [3.63, 3.8) is 0 Å². The number of halogens is 2. The normalized spacial score (nSPS) is 17.5. The molecule has 0 saturated carbocycles. The Morgan fingerprint density at radius 3 is 2.54 bits per heavy atom. The molecule has 0 radical (unpaired) electrons. The van der Waals surface area contributed by atoms with Crippen molar-refractivity contribution in [2.45, 2.75) is 32.4 Å².